The molecule has 0 amide bonds. The molecular weight excluding hydrogens is 449 g/mol. The standard InChI is InChI=1S/C23H21ClFN5O3/c1-29(2)7-8-30-17-9-13(16-11-26-27-23(16)25)3-5-15(17)21(28-30)22(31)20-12-32-18-6-4-14(24)10-19(18)33-20/h3-6,9-11,20H,7-8,12H2,1-2H3,(H,26,27). The quantitative estimate of drug-likeness (QED) is 0.432. The van der Waals surface area contributed by atoms with E-state index in [0.717, 1.165) is 5.52 Å². The molecule has 0 aliphatic carbocycles. The van der Waals surface area contributed by atoms with Crippen LogP contribution in [0.5, 0.6) is 11.5 Å². The van der Waals surface area contributed by atoms with Gasteiger partial charge in [-0.2, -0.15) is 14.6 Å². The van der Waals surface area contributed by atoms with Gasteiger partial charge in [-0.1, -0.05) is 17.7 Å². The van der Waals surface area contributed by atoms with Crippen LogP contribution >= 0.6 is 11.6 Å². The normalized spacial score (nSPS) is 15.4. The molecule has 1 aliphatic rings. The lowest BCUT2D eigenvalue weighted by atomic mass is 10.0. The van der Waals surface area contributed by atoms with Crippen LogP contribution in [0.15, 0.2) is 42.6 Å². The van der Waals surface area contributed by atoms with Crippen molar-refractivity contribution >= 4 is 28.3 Å². The molecule has 2 aromatic carbocycles. The van der Waals surface area contributed by atoms with Crippen LogP contribution in [-0.2, 0) is 6.54 Å². The molecule has 1 unspecified atom stereocenters. The molecule has 10 heteroatoms. The average Bonchev–Trinajstić information content (AvgIpc) is 3.39. The summed E-state index contributed by atoms with van der Waals surface area (Å²) in [6, 6.07) is 10.4. The van der Waals surface area contributed by atoms with Gasteiger partial charge in [0.2, 0.25) is 11.7 Å². The first-order valence-electron chi connectivity index (χ1n) is 10.4. The number of aromatic amines is 1. The van der Waals surface area contributed by atoms with Gasteiger partial charge in [-0.25, -0.2) is 0 Å². The zero-order chi connectivity index (χ0) is 23.1. The Hall–Kier alpha value is -3.43. The Balaban J connectivity index is 1.53. The minimum atomic E-state index is -0.859. The summed E-state index contributed by atoms with van der Waals surface area (Å²) >= 11 is 6.06. The largest absolute Gasteiger partial charge is 0.485 e. The minimum absolute atomic E-state index is 0.0673. The molecule has 5 rings (SSSR count). The molecule has 1 atom stereocenters. The van der Waals surface area contributed by atoms with E-state index >= 15 is 0 Å². The van der Waals surface area contributed by atoms with Gasteiger partial charge in [-0.3, -0.25) is 14.6 Å². The highest BCUT2D eigenvalue weighted by atomic mass is 35.5. The van der Waals surface area contributed by atoms with Crippen molar-refractivity contribution in [3.05, 3.63) is 59.3 Å². The zero-order valence-corrected chi connectivity index (χ0v) is 18.8. The molecule has 1 aliphatic heterocycles. The lowest BCUT2D eigenvalue weighted by molar-refractivity contribution is 0.0581. The highest BCUT2D eigenvalue weighted by Gasteiger charge is 2.32. The van der Waals surface area contributed by atoms with Crippen LogP contribution in [0.4, 0.5) is 4.39 Å². The van der Waals surface area contributed by atoms with Crippen LogP contribution < -0.4 is 9.47 Å². The number of aromatic nitrogens is 4. The van der Waals surface area contributed by atoms with E-state index in [2.05, 4.69) is 15.3 Å². The summed E-state index contributed by atoms with van der Waals surface area (Å²) < 4.78 is 27.5. The van der Waals surface area contributed by atoms with Crippen LogP contribution in [0, 0.1) is 5.95 Å². The average molecular weight is 470 g/mol. The summed E-state index contributed by atoms with van der Waals surface area (Å²) in [5.74, 6) is 0.143. The summed E-state index contributed by atoms with van der Waals surface area (Å²) in [6.45, 7) is 1.33. The minimum Gasteiger partial charge on any atom is -0.485 e. The Morgan fingerprint density at radius 3 is 2.88 bits per heavy atom. The number of carbonyl (C=O) groups is 1. The second-order valence-electron chi connectivity index (χ2n) is 8.08. The fraction of sp³-hybridized carbons (Fsp3) is 0.261. The Bertz CT molecular complexity index is 1350. The number of ketones is 1. The molecule has 0 saturated carbocycles. The van der Waals surface area contributed by atoms with E-state index in [1.54, 1.807) is 35.0 Å². The number of likely N-dealkylation sites (N-methyl/N-ethyl adjacent to an activating group) is 1. The SMILES string of the molecule is CN(C)CCn1nc(C(=O)C2COc3ccc(Cl)cc3O2)c2ccc(-c3cn[nH]c3F)cc21. The molecule has 1 N–H and O–H groups in total. The highest BCUT2D eigenvalue weighted by molar-refractivity contribution is 6.30. The van der Waals surface area contributed by atoms with Crippen molar-refractivity contribution < 1.29 is 18.7 Å². The van der Waals surface area contributed by atoms with Crippen LogP contribution in [0.2, 0.25) is 5.02 Å². The van der Waals surface area contributed by atoms with Crippen molar-refractivity contribution in [3.8, 4) is 22.6 Å². The number of benzene rings is 2. The lowest BCUT2D eigenvalue weighted by Gasteiger charge is -2.25. The summed E-state index contributed by atoms with van der Waals surface area (Å²) in [4.78, 5) is 15.4. The van der Waals surface area contributed by atoms with Crippen LogP contribution in [0.3, 0.4) is 0 Å². The molecule has 3 heterocycles. The van der Waals surface area contributed by atoms with Crippen LogP contribution in [0.1, 0.15) is 10.5 Å². The second-order valence-corrected chi connectivity index (χ2v) is 8.51. The van der Waals surface area contributed by atoms with Crippen molar-refractivity contribution in [3.63, 3.8) is 0 Å². The van der Waals surface area contributed by atoms with Gasteiger partial charge in [0.15, 0.2) is 17.6 Å². The van der Waals surface area contributed by atoms with Crippen LogP contribution in [-0.4, -0.2) is 64.0 Å². The smallest absolute Gasteiger partial charge is 0.227 e. The van der Waals surface area contributed by atoms with E-state index < -0.39 is 12.1 Å². The van der Waals surface area contributed by atoms with Crippen molar-refractivity contribution in [1.29, 1.82) is 0 Å². The maximum absolute atomic E-state index is 14.1. The maximum Gasteiger partial charge on any atom is 0.227 e. The number of nitrogens with zero attached hydrogens (tertiary/aromatic N) is 4. The highest BCUT2D eigenvalue weighted by Crippen LogP contribution is 2.35. The number of hydrogen-bond donors (Lipinski definition) is 1. The molecule has 8 nitrogen and oxygen atoms in total. The molecule has 2 aromatic heterocycles. The number of hydrogen-bond acceptors (Lipinski definition) is 6. The van der Waals surface area contributed by atoms with Gasteiger partial charge in [0.1, 0.15) is 12.3 Å². The molecule has 0 radical (unpaired) electrons. The second kappa shape index (κ2) is 8.49. The van der Waals surface area contributed by atoms with E-state index in [4.69, 9.17) is 21.1 Å². The number of fused-ring (bicyclic) bond motifs is 2. The predicted molar refractivity (Wildman–Crippen MR) is 122 cm³/mol. The number of halogens is 2. The lowest BCUT2D eigenvalue weighted by Crippen LogP contribution is -2.37. The number of Topliss-reactive ketones (excluding diaryl/α,β-unsaturated/α-hetero) is 1. The van der Waals surface area contributed by atoms with E-state index in [1.807, 2.05) is 25.1 Å². The number of nitrogens with one attached hydrogen (secondary N) is 1. The number of H-pyrrole nitrogens is 1. The molecule has 0 fully saturated rings. The van der Waals surface area contributed by atoms with Crippen molar-refractivity contribution in [2.24, 2.45) is 0 Å². The molecule has 4 aromatic rings. The summed E-state index contributed by atoms with van der Waals surface area (Å²) in [7, 11) is 3.92. The fourth-order valence-corrected chi connectivity index (χ4v) is 3.95. The third-order valence-corrected chi connectivity index (χ3v) is 5.74. The molecule has 0 bridgehead atoms. The molecule has 33 heavy (non-hydrogen) atoms. The summed E-state index contributed by atoms with van der Waals surface area (Å²) in [5, 5.41) is 11.8. The Labute approximate surface area is 193 Å². The Morgan fingerprint density at radius 2 is 2.12 bits per heavy atom. The first kappa shape index (κ1) is 21.4. The van der Waals surface area contributed by atoms with Gasteiger partial charge in [-0.05, 0) is 43.9 Å². The molecule has 0 spiro atoms. The Kier molecular flexibility index (Phi) is 5.51. The van der Waals surface area contributed by atoms with Gasteiger partial charge in [-0.15, -0.1) is 0 Å². The van der Waals surface area contributed by atoms with Crippen molar-refractivity contribution in [2.45, 2.75) is 12.6 Å². The topological polar surface area (TPSA) is 85.3 Å². The number of ether oxygens (including phenoxy) is 2. The predicted octanol–water partition coefficient (Wildman–Crippen LogP) is 3.80. The Morgan fingerprint density at radius 1 is 1.27 bits per heavy atom. The zero-order valence-electron chi connectivity index (χ0n) is 18.0. The molecule has 170 valence electrons. The summed E-state index contributed by atoms with van der Waals surface area (Å²) in [6.07, 6.45) is 0.571. The van der Waals surface area contributed by atoms with E-state index in [0.29, 0.717) is 46.1 Å². The first-order chi connectivity index (χ1) is 15.9. The molecular formula is C23H21ClFN5O3. The number of carbonyl (C=O) groups excluding carboxylic acids is 1. The molecule has 0 saturated heterocycles. The third kappa shape index (κ3) is 4.05. The first-order valence-corrected chi connectivity index (χ1v) is 10.8. The van der Waals surface area contributed by atoms with E-state index in [1.165, 1.54) is 6.20 Å². The third-order valence-electron chi connectivity index (χ3n) is 5.51. The fourth-order valence-electron chi connectivity index (χ4n) is 3.79. The van der Waals surface area contributed by atoms with Gasteiger partial charge in [0, 0.05) is 23.0 Å². The van der Waals surface area contributed by atoms with Crippen LogP contribution in [0.25, 0.3) is 22.0 Å². The van der Waals surface area contributed by atoms with E-state index in [-0.39, 0.29) is 18.1 Å². The van der Waals surface area contributed by atoms with E-state index in [9.17, 15) is 9.18 Å². The van der Waals surface area contributed by atoms with Gasteiger partial charge in [0.25, 0.3) is 0 Å². The monoisotopic (exact) mass is 469 g/mol. The van der Waals surface area contributed by atoms with Crippen molar-refractivity contribution in [2.75, 3.05) is 27.2 Å². The maximum atomic E-state index is 14.1. The summed E-state index contributed by atoms with van der Waals surface area (Å²) in [5.41, 5.74) is 1.99. The van der Waals surface area contributed by atoms with Gasteiger partial charge >= 0.3 is 0 Å². The van der Waals surface area contributed by atoms with Gasteiger partial charge < -0.3 is 14.4 Å². The van der Waals surface area contributed by atoms with Gasteiger partial charge in [0.05, 0.1) is 23.8 Å². The van der Waals surface area contributed by atoms with Crippen molar-refractivity contribution in [1.82, 2.24) is 24.9 Å². The number of rotatable bonds is 6.